The van der Waals surface area contributed by atoms with Gasteiger partial charge >= 0.3 is 0 Å². The monoisotopic (exact) mass is 276 g/mol. The van der Waals surface area contributed by atoms with E-state index in [1.54, 1.807) is 0 Å². The Kier molecular flexibility index (Phi) is 4.76. The maximum absolute atomic E-state index is 5.82. The lowest BCUT2D eigenvalue weighted by Crippen LogP contribution is -2.01. The maximum atomic E-state index is 5.82. The minimum absolute atomic E-state index is 0.668. The zero-order chi connectivity index (χ0) is 10.6. The van der Waals surface area contributed by atoms with Gasteiger partial charge in [0.05, 0.1) is 11.1 Å². The Morgan fingerprint density at radius 3 is 2.71 bits per heavy atom. The van der Waals surface area contributed by atoms with Crippen LogP contribution in [0.4, 0.5) is 0 Å². The molecule has 14 heavy (non-hydrogen) atoms. The number of benzene rings is 1. The van der Waals surface area contributed by atoms with Crippen LogP contribution in [0.25, 0.3) is 0 Å². The first kappa shape index (κ1) is 11.9. The molecule has 0 saturated heterocycles. The van der Waals surface area contributed by atoms with Gasteiger partial charge in [0.2, 0.25) is 0 Å². The van der Waals surface area contributed by atoms with Gasteiger partial charge in [-0.3, -0.25) is 0 Å². The van der Waals surface area contributed by atoms with Gasteiger partial charge in [0.1, 0.15) is 5.75 Å². The lowest BCUT2D eigenvalue weighted by atomic mass is 10.1. The van der Waals surface area contributed by atoms with Crippen LogP contribution >= 0.6 is 27.5 Å². The van der Waals surface area contributed by atoms with Crippen molar-refractivity contribution in [2.24, 2.45) is 5.92 Å². The summed E-state index contributed by atoms with van der Waals surface area (Å²) in [6.45, 7) is 5.11. The molecule has 0 aliphatic carbocycles. The highest BCUT2D eigenvalue weighted by molar-refractivity contribution is 9.10. The largest absolute Gasteiger partial charge is 0.492 e. The van der Waals surface area contributed by atoms with Crippen molar-refractivity contribution in [3.8, 4) is 5.75 Å². The summed E-state index contributed by atoms with van der Waals surface area (Å²) in [4.78, 5) is 0. The quantitative estimate of drug-likeness (QED) is 0.786. The van der Waals surface area contributed by atoms with Gasteiger partial charge in [-0.25, -0.2) is 0 Å². The third kappa shape index (κ3) is 3.89. The van der Waals surface area contributed by atoms with Crippen LogP contribution in [-0.4, -0.2) is 6.61 Å². The fourth-order valence-corrected chi connectivity index (χ4v) is 1.79. The Balaban J connectivity index is 2.51. The number of hydrogen-bond acceptors (Lipinski definition) is 1. The molecular formula is C11H14BrClO. The molecule has 0 aliphatic heterocycles. The van der Waals surface area contributed by atoms with E-state index in [0.717, 1.165) is 23.2 Å². The average molecular weight is 278 g/mol. The Hall–Kier alpha value is -0.210. The molecule has 0 N–H and O–H groups in total. The first-order valence-electron chi connectivity index (χ1n) is 4.67. The van der Waals surface area contributed by atoms with Crippen LogP contribution in [0.2, 0.25) is 5.02 Å². The minimum atomic E-state index is 0.668. The minimum Gasteiger partial charge on any atom is -0.492 e. The summed E-state index contributed by atoms with van der Waals surface area (Å²) in [6, 6.07) is 5.55. The Morgan fingerprint density at radius 1 is 1.43 bits per heavy atom. The standard InChI is InChI=1S/C11H14BrClO/c1-8(2)5-6-14-11-4-3-9(13)7-10(11)12/h3-4,7-8H,5-6H2,1-2H3. The van der Waals surface area contributed by atoms with E-state index in [-0.39, 0.29) is 0 Å². The zero-order valence-electron chi connectivity index (χ0n) is 8.39. The molecule has 78 valence electrons. The SMILES string of the molecule is CC(C)CCOc1ccc(Cl)cc1Br. The third-order valence-corrected chi connectivity index (χ3v) is 2.70. The molecule has 0 amide bonds. The highest BCUT2D eigenvalue weighted by Crippen LogP contribution is 2.28. The van der Waals surface area contributed by atoms with Crippen LogP contribution in [0, 0.1) is 5.92 Å². The van der Waals surface area contributed by atoms with Crippen molar-refractivity contribution in [1.82, 2.24) is 0 Å². The molecule has 0 bridgehead atoms. The predicted octanol–water partition coefficient (Wildman–Crippen LogP) is 4.53. The van der Waals surface area contributed by atoms with Gasteiger partial charge in [0, 0.05) is 5.02 Å². The molecule has 0 radical (unpaired) electrons. The van der Waals surface area contributed by atoms with Crippen molar-refractivity contribution in [1.29, 1.82) is 0 Å². The van der Waals surface area contributed by atoms with Gasteiger partial charge in [0.15, 0.2) is 0 Å². The van der Waals surface area contributed by atoms with Crippen LogP contribution in [0.15, 0.2) is 22.7 Å². The van der Waals surface area contributed by atoms with Crippen molar-refractivity contribution in [3.63, 3.8) is 0 Å². The lowest BCUT2D eigenvalue weighted by molar-refractivity contribution is 0.288. The molecule has 1 aromatic carbocycles. The topological polar surface area (TPSA) is 9.23 Å². The molecule has 0 aliphatic rings. The maximum Gasteiger partial charge on any atom is 0.133 e. The summed E-state index contributed by atoms with van der Waals surface area (Å²) in [7, 11) is 0. The lowest BCUT2D eigenvalue weighted by Gasteiger charge is -2.09. The fraction of sp³-hybridized carbons (Fsp3) is 0.455. The van der Waals surface area contributed by atoms with Crippen LogP contribution < -0.4 is 4.74 Å². The van der Waals surface area contributed by atoms with Crippen molar-refractivity contribution in [3.05, 3.63) is 27.7 Å². The van der Waals surface area contributed by atoms with E-state index in [2.05, 4.69) is 29.8 Å². The van der Waals surface area contributed by atoms with Gasteiger partial charge < -0.3 is 4.74 Å². The highest BCUT2D eigenvalue weighted by atomic mass is 79.9. The van der Waals surface area contributed by atoms with Crippen LogP contribution in [0.1, 0.15) is 20.3 Å². The molecule has 1 nitrogen and oxygen atoms in total. The number of halogens is 2. The Morgan fingerprint density at radius 2 is 2.14 bits per heavy atom. The van der Waals surface area contributed by atoms with Gasteiger partial charge in [0.25, 0.3) is 0 Å². The number of ether oxygens (including phenoxy) is 1. The molecule has 0 saturated carbocycles. The van der Waals surface area contributed by atoms with Gasteiger partial charge in [-0.15, -0.1) is 0 Å². The molecule has 1 rings (SSSR count). The molecule has 1 aromatic rings. The molecule has 0 fully saturated rings. The molecule has 0 heterocycles. The van der Waals surface area contributed by atoms with Crippen molar-refractivity contribution < 1.29 is 4.74 Å². The van der Waals surface area contributed by atoms with Gasteiger partial charge in [-0.05, 0) is 46.5 Å². The van der Waals surface area contributed by atoms with E-state index in [1.165, 1.54) is 0 Å². The molecule has 0 atom stereocenters. The van der Waals surface area contributed by atoms with E-state index >= 15 is 0 Å². The second-order valence-electron chi connectivity index (χ2n) is 3.61. The molecule has 0 spiro atoms. The van der Waals surface area contributed by atoms with Crippen LogP contribution in [0.3, 0.4) is 0 Å². The van der Waals surface area contributed by atoms with Gasteiger partial charge in [-0.2, -0.15) is 0 Å². The molecule has 0 unspecified atom stereocenters. The van der Waals surface area contributed by atoms with Crippen LogP contribution in [0.5, 0.6) is 5.75 Å². The van der Waals surface area contributed by atoms with Crippen LogP contribution in [-0.2, 0) is 0 Å². The summed E-state index contributed by atoms with van der Waals surface area (Å²) in [5.41, 5.74) is 0. The summed E-state index contributed by atoms with van der Waals surface area (Å²) in [5, 5.41) is 0.716. The van der Waals surface area contributed by atoms with Gasteiger partial charge in [-0.1, -0.05) is 25.4 Å². The summed E-state index contributed by atoms with van der Waals surface area (Å²) in [5.74, 6) is 1.52. The first-order valence-corrected chi connectivity index (χ1v) is 5.84. The Bertz CT molecular complexity index is 299. The number of hydrogen-bond donors (Lipinski definition) is 0. The van der Waals surface area contributed by atoms with E-state index in [1.807, 2.05) is 18.2 Å². The molecule has 0 aromatic heterocycles. The average Bonchev–Trinajstić information content (AvgIpc) is 2.08. The predicted molar refractivity (Wildman–Crippen MR) is 64.1 cm³/mol. The fourth-order valence-electron chi connectivity index (χ4n) is 0.997. The second-order valence-corrected chi connectivity index (χ2v) is 4.90. The smallest absolute Gasteiger partial charge is 0.133 e. The van der Waals surface area contributed by atoms with Crippen molar-refractivity contribution >= 4 is 27.5 Å². The summed E-state index contributed by atoms with van der Waals surface area (Å²) < 4.78 is 6.51. The van der Waals surface area contributed by atoms with Crippen molar-refractivity contribution in [2.75, 3.05) is 6.61 Å². The van der Waals surface area contributed by atoms with E-state index < -0.39 is 0 Å². The normalized spacial score (nSPS) is 10.6. The van der Waals surface area contributed by atoms with E-state index in [9.17, 15) is 0 Å². The molecule has 3 heteroatoms. The van der Waals surface area contributed by atoms with Crippen molar-refractivity contribution in [2.45, 2.75) is 20.3 Å². The van der Waals surface area contributed by atoms with E-state index in [0.29, 0.717) is 10.9 Å². The second kappa shape index (κ2) is 5.62. The highest BCUT2D eigenvalue weighted by Gasteiger charge is 2.02. The summed E-state index contributed by atoms with van der Waals surface area (Å²) in [6.07, 6.45) is 1.06. The first-order chi connectivity index (χ1) is 6.59. The zero-order valence-corrected chi connectivity index (χ0v) is 10.7. The number of rotatable bonds is 4. The molecular weight excluding hydrogens is 263 g/mol. The summed E-state index contributed by atoms with van der Waals surface area (Å²) >= 11 is 9.22. The third-order valence-electron chi connectivity index (χ3n) is 1.85. The Labute approximate surface area is 98.5 Å². The van der Waals surface area contributed by atoms with E-state index in [4.69, 9.17) is 16.3 Å².